The summed E-state index contributed by atoms with van der Waals surface area (Å²) >= 11 is 0. The lowest BCUT2D eigenvalue weighted by molar-refractivity contribution is -0.145. The van der Waals surface area contributed by atoms with Gasteiger partial charge >= 0.3 is 0 Å². The molecule has 27 heavy (non-hydrogen) atoms. The smallest absolute Gasteiger partial charge is 0.273 e. The summed E-state index contributed by atoms with van der Waals surface area (Å²) in [6.45, 7) is 9.72. The van der Waals surface area contributed by atoms with Crippen molar-refractivity contribution < 1.29 is 18.8 Å². The average Bonchev–Trinajstić information content (AvgIpc) is 3.28. The van der Waals surface area contributed by atoms with Crippen molar-refractivity contribution in [2.75, 3.05) is 19.8 Å². The van der Waals surface area contributed by atoms with Crippen molar-refractivity contribution in [3.63, 3.8) is 0 Å². The molecule has 1 N–H and O–H groups in total. The fourth-order valence-electron chi connectivity index (χ4n) is 2.31. The van der Waals surface area contributed by atoms with Crippen molar-refractivity contribution in [2.24, 2.45) is 0 Å². The topological polar surface area (TPSA) is 117 Å². The molecule has 2 aromatic heterocycles. The molecule has 2 aromatic rings. The molecule has 2 rings (SSSR count). The molecule has 0 aliphatic rings. The summed E-state index contributed by atoms with van der Waals surface area (Å²) in [6.07, 6.45) is 2.46. The Morgan fingerprint density at radius 2 is 2.04 bits per heavy atom. The fraction of sp³-hybridized carbons (Fsp3) is 0.706. The van der Waals surface area contributed by atoms with Crippen molar-refractivity contribution in [1.82, 2.24) is 30.5 Å². The molecule has 0 aromatic carbocycles. The molecule has 10 heteroatoms. The van der Waals surface area contributed by atoms with Gasteiger partial charge < -0.3 is 19.3 Å². The molecule has 0 radical (unpaired) electrons. The minimum absolute atomic E-state index is 0.231. The normalized spacial score (nSPS) is 11.5. The Kier molecular flexibility index (Phi) is 8.34. The molecule has 0 saturated heterocycles. The van der Waals surface area contributed by atoms with Crippen molar-refractivity contribution in [3.05, 3.63) is 23.6 Å². The van der Waals surface area contributed by atoms with E-state index >= 15 is 0 Å². The van der Waals surface area contributed by atoms with Crippen molar-refractivity contribution in [2.45, 2.75) is 59.3 Å². The Bertz CT molecular complexity index is 693. The van der Waals surface area contributed by atoms with Crippen LogP contribution < -0.4 is 5.32 Å². The van der Waals surface area contributed by atoms with Crippen LogP contribution in [-0.4, -0.2) is 57.1 Å². The summed E-state index contributed by atoms with van der Waals surface area (Å²) in [5.74, 6) is 1.23. The van der Waals surface area contributed by atoms with Crippen LogP contribution in [0.15, 0.2) is 10.7 Å². The first kappa shape index (κ1) is 21.0. The molecule has 0 atom stereocenters. The van der Waals surface area contributed by atoms with Crippen molar-refractivity contribution in [3.8, 4) is 0 Å². The zero-order valence-corrected chi connectivity index (χ0v) is 16.3. The average molecular weight is 380 g/mol. The number of aromatic nitrogens is 5. The van der Waals surface area contributed by atoms with E-state index in [2.05, 4.69) is 25.8 Å². The lowest BCUT2D eigenvalue weighted by Crippen LogP contribution is -2.25. The van der Waals surface area contributed by atoms with E-state index < -0.39 is 6.29 Å². The highest BCUT2D eigenvalue weighted by molar-refractivity contribution is 5.91. The minimum atomic E-state index is -0.414. The first-order chi connectivity index (χ1) is 13.0. The van der Waals surface area contributed by atoms with E-state index in [4.69, 9.17) is 14.0 Å². The van der Waals surface area contributed by atoms with Crippen LogP contribution in [0.3, 0.4) is 0 Å². The van der Waals surface area contributed by atoms with Gasteiger partial charge in [-0.3, -0.25) is 4.79 Å². The maximum atomic E-state index is 12.2. The molecule has 150 valence electrons. The molecule has 1 amide bonds. The first-order valence-corrected chi connectivity index (χ1v) is 9.27. The third kappa shape index (κ3) is 6.72. The van der Waals surface area contributed by atoms with Crippen LogP contribution in [0.25, 0.3) is 0 Å². The number of aryl methyl sites for hydroxylation is 1. The number of carbonyl (C=O) groups excluding carboxylic acids is 1. The number of hydrogen-bond acceptors (Lipinski definition) is 8. The Balaban J connectivity index is 1.74. The molecule has 0 aliphatic heterocycles. The highest BCUT2D eigenvalue weighted by atomic mass is 16.7. The number of amides is 1. The number of rotatable bonds is 12. The van der Waals surface area contributed by atoms with Crippen molar-refractivity contribution in [1.29, 1.82) is 0 Å². The molecule has 0 saturated carbocycles. The van der Waals surface area contributed by atoms with Gasteiger partial charge in [0.05, 0.1) is 12.7 Å². The van der Waals surface area contributed by atoms with Gasteiger partial charge in [-0.05, 0) is 20.3 Å². The maximum Gasteiger partial charge on any atom is 0.273 e. The van der Waals surface area contributed by atoms with E-state index in [1.54, 1.807) is 6.20 Å². The molecule has 2 heterocycles. The van der Waals surface area contributed by atoms with Crippen molar-refractivity contribution >= 4 is 5.91 Å². The van der Waals surface area contributed by atoms with Gasteiger partial charge in [0.25, 0.3) is 5.91 Å². The van der Waals surface area contributed by atoms with E-state index in [9.17, 15) is 4.79 Å². The Morgan fingerprint density at radius 3 is 2.67 bits per heavy atom. The van der Waals surface area contributed by atoms with Crippen LogP contribution in [0.5, 0.6) is 0 Å². The zero-order valence-electron chi connectivity index (χ0n) is 16.3. The van der Waals surface area contributed by atoms with E-state index in [-0.39, 0.29) is 17.5 Å². The minimum Gasteiger partial charge on any atom is -0.351 e. The predicted octanol–water partition coefficient (Wildman–Crippen LogP) is 1.55. The van der Waals surface area contributed by atoms with Crippen LogP contribution >= 0.6 is 0 Å². The molecule has 0 spiro atoms. The van der Waals surface area contributed by atoms with Crippen LogP contribution in [-0.2, 0) is 22.4 Å². The Hall–Kier alpha value is -2.33. The van der Waals surface area contributed by atoms with Gasteiger partial charge in [0.1, 0.15) is 0 Å². The second-order valence-electron chi connectivity index (χ2n) is 6.23. The third-order valence-electron chi connectivity index (χ3n) is 3.67. The Labute approximate surface area is 158 Å². The van der Waals surface area contributed by atoms with Gasteiger partial charge in [-0.15, -0.1) is 5.10 Å². The molecular formula is C17H28N6O4. The zero-order chi connectivity index (χ0) is 19.6. The maximum absolute atomic E-state index is 12.2. The number of nitrogens with one attached hydrogen (secondary N) is 1. The second kappa shape index (κ2) is 10.7. The fourth-order valence-corrected chi connectivity index (χ4v) is 2.31. The molecule has 0 fully saturated rings. The molecule has 0 bridgehead atoms. The van der Waals surface area contributed by atoms with E-state index in [1.165, 1.54) is 4.68 Å². The van der Waals surface area contributed by atoms with Crippen LogP contribution in [0.1, 0.15) is 62.2 Å². The quantitative estimate of drug-likeness (QED) is 0.435. The van der Waals surface area contributed by atoms with Gasteiger partial charge in [-0.1, -0.05) is 24.2 Å². The highest BCUT2D eigenvalue weighted by Crippen LogP contribution is 2.10. The Morgan fingerprint density at radius 1 is 1.30 bits per heavy atom. The first-order valence-electron chi connectivity index (χ1n) is 9.27. The largest absolute Gasteiger partial charge is 0.351 e. The summed E-state index contributed by atoms with van der Waals surface area (Å²) in [5, 5.41) is 14.6. The van der Waals surface area contributed by atoms with Gasteiger partial charge in [0.2, 0.25) is 5.89 Å². The summed E-state index contributed by atoms with van der Waals surface area (Å²) in [7, 11) is 0. The summed E-state index contributed by atoms with van der Waals surface area (Å²) in [4.78, 5) is 16.5. The summed E-state index contributed by atoms with van der Waals surface area (Å²) in [5.41, 5.74) is 0.252. The molecular weight excluding hydrogens is 352 g/mol. The number of hydrogen-bond donors (Lipinski definition) is 1. The van der Waals surface area contributed by atoms with Gasteiger partial charge in [0, 0.05) is 32.1 Å². The van der Waals surface area contributed by atoms with E-state index in [0.29, 0.717) is 50.9 Å². The van der Waals surface area contributed by atoms with E-state index in [1.807, 2.05) is 27.7 Å². The van der Waals surface area contributed by atoms with Gasteiger partial charge in [0.15, 0.2) is 17.8 Å². The number of nitrogens with zero attached hydrogens (tertiary/aromatic N) is 5. The van der Waals surface area contributed by atoms with E-state index in [0.717, 1.165) is 0 Å². The standard InChI is InChI=1S/C17H28N6O4/c1-5-25-15(26-6-2)11-23-10-13(20-22-23)17(24)18-9-7-8-14-19-16(12(3)4)21-27-14/h10,12,15H,5-9,11H2,1-4H3,(H,18,24). The number of ether oxygens (including phenoxy) is 2. The van der Waals surface area contributed by atoms with Crippen LogP contribution in [0.2, 0.25) is 0 Å². The van der Waals surface area contributed by atoms with Gasteiger partial charge in [-0.2, -0.15) is 4.98 Å². The summed E-state index contributed by atoms with van der Waals surface area (Å²) in [6, 6.07) is 0. The molecule has 0 aliphatic carbocycles. The third-order valence-corrected chi connectivity index (χ3v) is 3.67. The number of carbonyl (C=O) groups is 1. The van der Waals surface area contributed by atoms with Crippen LogP contribution in [0.4, 0.5) is 0 Å². The van der Waals surface area contributed by atoms with Gasteiger partial charge in [-0.25, -0.2) is 4.68 Å². The lowest BCUT2D eigenvalue weighted by Gasteiger charge is -2.16. The molecule has 0 unspecified atom stereocenters. The summed E-state index contributed by atoms with van der Waals surface area (Å²) < 4.78 is 17.6. The molecule has 10 nitrogen and oxygen atoms in total. The highest BCUT2D eigenvalue weighted by Gasteiger charge is 2.14. The lowest BCUT2D eigenvalue weighted by atomic mass is 10.2. The van der Waals surface area contributed by atoms with Crippen LogP contribution in [0, 0.1) is 0 Å². The predicted molar refractivity (Wildman–Crippen MR) is 96.1 cm³/mol. The second-order valence-corrected chi connectivity index (χ2v) is 6.23. The SMILES string of the molecule is CCOC(Cn1cc(C(=O)NCCCc2nc(C(C)C)no2)nn1)OCC. The monoisotopic (exact) mass is 380 g/mol.